The summed E-state index contributed by atoms with van der Waals surface area (Å²) in [6.07, 6.45) is 0. The molecule has 0 bridgehead atoms. The molecule has 0 spiro atoms. The highest BCUT2D eigenvalue weighted by molar-refractivity contribution is 7.14. The van der Waals surface area contributed by atoms with E-state index in [2.05, 4.69) is 10.3 Å². The first-order valence-electron chi connectivity index (χ1n) is 10.1. The van der Waals surface area contributed by atoms with Crippen molar-refractivity contribution in [2.45, 2.75) is 6.54 Å². The van der Waals surface area contributed by atoms with Gasteiger partial charge in [-0.05, 0) is 35.9 Å². The number of thiazole rings is 1. The predicted molar refractivity (Wildman–Crippen MR) is 125 cm³/mol. The lowest BCUT2D eigenvalue weighted by Crippen LogP contribution is -2.38. The summed E-state index contributed by atoms with van der Waals surface area (Å²) >= 11 is 1.35. The van der Waals surface area contributed by atoms with E-state index >= 15 is 0 Å². The number of fused-ring (bicyclic) bond motifs is 1. The molecule has 1 aromatic heterocycles. The normalized spacial score (nSPS) is 12.8. The van der Waals surface area contributed by atoms with Gasteiger partial charge in [-0.15, -0.1) is 11.3 Å². The number of rotatable bonds is 5. The van der Waals surface area contributed by atoms with E-state index in [-0.39, 0.29) is 18.4 Å². The van der Waals surface area contributed by atoms with Crippen molar-refractivity contribution in [2.24, 2.45) is 0 Å². The van der Waals surface area contributed by atoms with Crippen LogP contribution in [0.4, 0.5) is 10.8 Å². The van der Waals surface area contributed by atoms with Crippen molar-refractivity contribution in [3.8, 4) is 17.0 Å². The van der Waals surface area contributed by atoms with Gasteiger partial charge >= 0.3 is 0 Å². The smallest absolute Gasteiger partial charge is 0.265 e. The second kappa shape index (κ2) is 8.64. The van der Waals surface area contributed by atoms with Crippen LogP contribution in [0.25, 0.3) is 11.3 Å². The Balaban J connectivity index is 1.40. The highest BCUT2D eigenvalue weighted by atomic mass is 32.1. The molecular weight excluding hydrogens is 422 g/mol. The van der Waals surface area contributed by atoms with Crippen molar-refractivity contribution < 1.29 is 14.3 Å². The van der Waals surface area contributed by atoms with Gasteiger partial charge in [-0.1, -0.05) is 48.5 Å². The van der Waals surface area contributed by atoms with Gasteiger partial charge in [-0.25, -0.2) is 4.98 Å². The van der Waals surface area contributed by atoms with Crippen molar-refractivity contribution in [3.63, 3.8) is 0 Å². The standard InChI is InChI=1S/C25H19N3O3S/c29-23-15-31-22-12-11-19(13-21(22)28(23)14-17-7-3-1-4-8-17)20-16-32-25(26-20)27-24(30)18-9-5-2-6-10-18/h1-13,16H,14-15H2,(H,26,27,30). The Morgan fingerprint density at radius 3 is 2.56 bits per heavy atom. The fraction of sp³-hybridized carbons (Fsp3) is 0.0800. The van der Waals surface area contributed by atoms with Crippen LogP contribution in [0.2, 0.25) is 0 Å². The van der Waals surface area contributed by atoms with Gasteiger partial charge in [0.05, 0.1) is 17.9 Å². The Morgan fingerprint density at radius 1 is 1.03 bits per heavy atom. The van der Waals surface area contributed by atoms with E-state index in [9.17, 15) is 9.59 Å². The van der Waals surface area contributed by atoms with Crippen LogP contribution in [-0.2, 0) is 11.3 Å². The third-order valence-corrected chi connectivity index (χ3v) is 5.90. The minimum Gasteiger partial charge on any atom is -0.482 e. The van der Waals surface area contributed by atoms with Gasteiger partial charge in [0.1, 0.15) is 5.75 Å². The summed E-state index contributed by atoms with van der Waals surface area (Å²) in [5, 5.41) is 5.24. The number of nitrogens with one attached hydrogen (secondary N) is 1. The second-order valence-electron chi connectivity index (χ2n) is 7.29. The van der Waals surface area contributed by atoms with Crippen molar-refractivity contribution in [3.05, 3.63) is 95.4 Å². The first-order valence-corrected chi connectivity index (χ1v) is 11.0. The lowest BCUT2D eigenvalue weighted by Gasteiger charge is -2.29. The van der Waals surface area contributed by atoms with Gasteiger partial charge in [0.2, 0.25) is 0 Å². The molecule has 4 aromatic rings. The molecule has 1 aliphatic heterocycles. The lowest BCUT2D eigenvalue weighted by molar-refractivity contribution is -0.121. The number of carbonyl (C=O) groups excluding carboxylic acids is 2. The molecular formula is C25H19N3O3S. The van der Waals surface area contributed by atoms with Crippen molar-refractivity contribution >= 4 is 34.0 Å². The predicted octanol–water partition coefficient (Wildman–Crippen LogP) is 4.99. The summed E-state index contributed by atoms with van der Waals surface area (Å²) in [5.74, 6) is 0.370. The van der Waals surface area contributed by atoms with Gasteiger partial charge in [0.25, 0.3) is 11.8 Å². The van der Waals surface area contributed by atoms with E-state index in [0.717, 1.165) is 16.8 Å². The molecule has 0 unspecified atom stereocenters. The third-order valence-electron chi connectivity index (χ3n) is 5.14. The summed E-state index contributed by atoms with van der Waals surface area (Å²) in [6, 6.07) is 24.5. The van der Waals surface area contributed by atoms with Crippen LogP contribution in [0.15, 0.2) is 84.2 Å². The molecule has 32 heavy (non-hydrogen) atoms. The van der Waals surface area contributed by atoms with Gasteiger partial charge in [0, 0.05) is 16.5 Å². The summed E-state index contributed by atoms with van der Waals surface area (Å²) < 4.78 is 5.64. The van der Waals surface area contributed by atoms with E-state index in [0.29, 0.717) is 28.7 Å². The maximum absolute atomic E-state index is 12.6. The molecule has 1 N–H and O–H groups in total. The fourth-order valence-electron chi connectivity index (χ4n) is 3.52. The van der Waals surface area contributed by atoms with Crippen LogP contribution in [0.5, 0.6) is 5.75 Å². The van der Waals surface area contributed by atoms with E-state index < -0.39 is 0 Å². The summed E-state index contributed by atoms with van der Waals surface area (Å²) in [7, 11) is 0. The summed E-state index contributed by atoms with van der Waals surface area (Å²) in [4.78, 5) is 31.3. The first-order chi connectivity index (χ1) is 15.7. The van der Waals surface area contributed by atoms with Crippen LogP contribution in [-0.4, -0.2) is 23.4 Å². The fourth-order valence-corrected chi connectivity index (χ4v) is 4.24. The Kier molecular flexibility index (Phi) is 5.39. The topological polar surface area (TPSA) is 71.5 Å². The number of amides is 2. The number of benzene rings is 3. The summed E-state index contributed by atoms with van der Waals surface area (Å²) in [5.41, 5.74) is 3.89. The number of aromatic nitrogens is 1. The van der Waals surface area contributed by atoms with Crippen LogP contribution in [0, 0.1) is 0 Å². The van der Waals surface area contributed by atoms with Crippen molar-refractivity contribution in [1.82, 2.24) is 4.98 Å². The van der Waals surface area contributed by atoms with E-state index in [1.165, 1.54) is 11.3 Å². The van der Waals surface area contributed by atoms with Crippen molar-refractivity contribution in [2.75, 3.05) is 16.8 Å². The Bertz CT molecular complexity index is 1270. The number of anilines is 2. The molecule has 2 heterocycles. The van der Waals surface area contributed by atoms with E-state index in [4.69, 9.17) is 4.74 Å². The second-order valence-corrected chi connectivity index (χ2v) is 8.15. The molecule has 1 aliphatic rings. The van der Waals surface area contributed by atoms with Crippen LogP contribution in [0.3, 0.4) is 0 Å². The molecule has 2 amide bonds. The summed E-state index contributed by atoms with van der Waals surface area (Å²) in [6.45, 7) is 0.487. The number of hydrogen-bond acceptors (Lipinski definition) is 5. The van der Waals surface area contributed by atoms with Crippen LogP contribution < -0.4 is 15.0 Å². The third kappa shape index (κ3) is 4.10. The average molecular weight is 442 g/mol. The van der Waals surface area contributed by atoms with Crippen molar-refractivity contribution in [1.29, 1.82) is 0 Å². The zero-order valence-electron chi connectivity index (χ0n) is 17.0. The SMILES string of the molecule is O=C(Nc1nc(-c2ccc3c(c2)N(Cc2ccccc2)C(=O)CO3)cs1)c1ccccc1. The number of hydrogen-bond donors (Lipinski definition) is 1. The average Bonchev–Trinajstić information content (AvgIpc) is 3.30. The molecule has 5 rings (SSSR count). The zero-order valence-corrected chi connectivity index (χ0v) is 17.8. The largest absolute Gasteiger partial charge is 0.482 e. The molecule has 0 atom stereocenters. The Morgan fingerprint density at radius 2 is 1.78 bits per heavy atom. The zero-order chi connectivity index (χ0) is 21.9. The minimum atomic E-state index is -0.204. The highest BCUT2D eigenvalue weighted by Gasteiger charge is 2.26. The molecule has 7 heteroatoms. The van der Waals surface area contributed by atoms with Gasteiger partial charge in [0.15, 0.2) is 11.7 Å². The quantitative estimate of drug-likeness (QED) is 0.474. The van der Waals surface area contributed by atoms with E-state index in [1.807, 2.05) is 72.1 Å². The van der Waals surface area contributed by atoms with E-state index in [1.54, 1.807) is 17.0 Å². The number of nitrogens with zero attached hydrogens (tertiary/aromatic N) is 2. The highest BCUT2D eigenvalue weighted by Crippen LogP contribution is 2.37. The number of carbonyl (C=O) groups is 2. The maximum Gasteiger partial charge on any atom is 0.265 e. The van der Waals surface area contributed by atoms with Gasteiger partial charge in [-0.2, -0.15) is 0 Å². The first kappa shape index (κ1) is 20.0. The lowest BCUT2D eigenvalue weighted by atomic mass is 10.1. The number of ether oxygens (including phenoxy) is 1. The molecule has 0 radical (unpaired) electrons. The molecule has 0 saturated carbocycles. The molecule has 6 nitrogen and oxygen atoms in total. The maximum atomic E-state index is 12.6. The van der Waals surface area contributed by atoms with Crippen LogP contribution >= 0.6 is 11.3 Å². The monoisotopic (exact) mass is 441 g/mol. The molecule has 3 aromatic carbocycles. The Labute approximate surface area is 189 Å². The van der Waals surface area contributed by atoms with Crippen LogP contribution in [0.1, 0.15) is 15.9 Å². The Hall–Kier alpha value is -3.97. The molecule has 158 valence electrons. The molecule has 0 fully saturated rings. The molecule has 0 aliphatic carbocycles. The minimum absolute atomic E-state index is 0.0194. The molecule has 0 saturated heterocycles. The van der Waals surface area contributed by atoms with Gasteiger partial charge < -0.3 is 9.64 Å². The van der Waals surface area contributed by atoms with Gasteiger partial charge in [-0.3, -0.25) is 14.9 Å².